The second-order valence-corrected chi connectivity index (χ2v) is 9.56. The Balaban J connectivity index is 1.68. The average molecular weight is 409 g/mol. The molecule has 2 atom stereocenters. The first-order valence-corrected chi connectivity index (χ1v) is 11.6. The third-order valence-corrected chi connectivity index (χ3v) is 7.64. The molecule has 1 aliphatic rings. The number of nitrogens with zero attached hydrogens (tertiary/aromatic N) is 3. The van der Waals surface area contributed by atoms with Gasteiger partial charge in [-0.15, -0.1) is 11.3 Å². The lowest BCUT2D eigenvalue weighted by Gasteiger charge is -2.24. The first-order valence-electron chi connectivity index (χ1n) is 9.08. The summed E-state index contributed by atoms with van der Waals surface area (Å²) >= 11 is 1.47. The summed E-state index contributed by atoms with van der Waals surface area (Å²) in [4.78, 5) is 21.4. The van der Waals surface area contributed by atoms with E-state index in [-0.39, 0.29) is 17.7 Å². The number of nitrogens with one attached hydrogen (secondary N) is 1. The Labute approximate surface area is 163 Å². The van der Waals surface area contributed by atoms with Gasteiger partial charge in [-0.2, -0.15) is 4.31 Å². The third-order valence-electron chi connectivity index (χ3n) is 4.53. The molecule has 1 aliphatic heterocycles. The minimum absolute atomic E-state index is 0.0767. The molecule has 0 bridgehead atoms. The lowest BCUT2D eigenvalue weighted by molar-refractivity contribution is -0.124. The molecule has 0 spiro atoms. The van der Waals surface area contributed by atoms with Crippen LogP contribution < -0.4 is 5.32 Å². The van der Waals surface area contributed by atoms with Crippen molar-refractivity contribution in [2.24, 2.45) is 0 Å². The largest absolute Gasteiger partial charge is 0.346 e. The van der Waals surface area contributed by atoms with E-state index in [0.717, 1.165) is 16.3 Å². The van der Waals surface area contributed by atoms with E-state index < -0.39 is 16.1 Å². The van der Waals surface area contributed by atoms with Crippen LogP contribution in [0.25, 0.3) is 11.3 Å². The summed E-state index contributed by atoms with van der Waals surface area (Å²) in [5.74, 6) is -0.175. The molecule has 0 radical (unpaired) electrons. The molecule has 0 aromatic carbocycles. The maximum atomic E-state index is 12.7. The molecule has 0 saturated carbocycles. The van der Waals surface area contributed by atoms with Crippen molar-refractivity contribution in [3.63, 3.8) is 0 Å². The van der Waals surface area contributed by atoms with Gasteiger partial charge in [-0.05, 0) is 38.3 Å². The van der Waals surface area contributed by atoms with Gasteiger partial charge in [0.25, 0.3) is 0 Å². The van der Waals surface area contributed by atoms with Gasteiger partial charge in [0.15, 0.2) is 0 Å². The predicted octanol–water partition coefficient (Wildman–Crippen LogP) is 2.59. The highest BCUT2D eigenvalue weighted by Gasteiger charge is 2.38. The number of rotatable bonds is 7. The van der Waals surface area contributed by atoms with Crippen LogP contribution in [-0.4, -0.2) is 46.9 Å². The zero-order valence-corrected chi connectivity index (χ0v) is 17.1. The predicted molar refractivity (Wildman–Crippen MR) is 106 cm³/mol. The van der Waals surface area contributed by atoms with Crippen LogP contribution in [0.1, 0.15) is 44.2 Å². The topological polar surface area (TPSA) is 92.3 Å². The summed E-state index contributed by atoms with van der Waals surface area (Å²) in [5, 5.41) is 5.65. The van der Waals surface area contributed by atoms with Crippen LogP contribution in [0, 0.1) is 0 Å². The lowest BCUT2D eigenvalue weighted by Crippen LogP contribution is -2.47. The van der Waals surface area contributed by atoms with Crippen LogP contribution >= 0.6 is 11.3 Å². The summed E-state index contributed by atoms with van der Waals surface area (Å²) in [7, 11) is -3.38. The summed E-state index contributed by atoms with van der Waals surface area (Å²) in [6.07, 6.45) is 5.26. The second kappa shape index (κ2) is 8.45. The number of thiazole rings is 1. The Morgan fingerprint density at radius 1 is 1.48 bits per heavy atom. The van der Waals surface area contributed by atoms with Crippen molar-refractivity contribution in [3.05, 3.63) is 34.9 Å². The van der Waals surface area contributed by atoms with E-state index >= 15 is 0 Å². The van der Waals surface area contributed by atoms with Crippen LogP contribution in [0.3, 0.4) is 0 Å². The monoisotopic (exact) mass is 408 g/mol. The molecule has 7 nitrogen and oxygen atoms in total. The zero-order chi connectivity index (χ0) is 19.4. The van der Waals surface area contributed by atoms with E-state index in [0.29, 0.717) is 25.8 Å². The summed E-state index contributed by atoms with van der Waals surface area (Å²) in [6.45, 7) is 4.11. The van der Waals surface area contributed by atoms with E-state index in [1.165, 1.54) is 15.6 Å². The van der Waals surface area contributed by atoms with E-state index in [1.54, 1.807) is 12.4 Å². The summed E-state index contributed by atoms with van der Waals surface area (Å²) in [5.41, 5.74) is 1.74. The Morgan fingerprint density at radius 2 is 2.30 bits per heavy atom. The van der Waals surface area contributed by atoms with E-state index in [2.05, 4.69) is 15.3 Å². The van der Waals surface area contributed by atoms with Crippen molar-refractivity contribution in [2.45, 2.75) is 45.2 Å². The quantitative estimate of drug-likeness (QED) is 0.760. The fourth-order valence-electron chi connectivity index (χ4n) is 3.22. The number of aromatic nitrogens is 2. The SMILES string of the molecule is CCCS(=O)(=O)N1CCCC1C(=O)NC(C)c1nc(-c2cccnc2)cs1. The highest BCUT2D eigenvalue weighted by Crippen LogP contribution is 2.26. The molecule has 3 rings (SSSR count). The van der Waals surface area contributed by atoms with Gasteiger partial charge < -0.3 is 5.32 Å². The Morgan fingerprint density at radius 3 is 3.00 bits per heavy atom. The van der Waals surface area contributed by atoms with Gasteiger partial charge in [-0.3, -0.25) is 9.78 Å². The Bertz CT molecular complexity index is 883. The smallest absolute Gasteiger partial charge is 0.239 e. The number of carbonyl (C=O) groups is 1. The highest BCUT2D eigenvalue weighted by molar-refractivity contribution is 7.89. The molecule has 1 fully saturated rings. The van der Waals surface area contributed by atoms with Gasteiger partial charge in [0, 0.05) is 29.9 Å². The van der Waals surface area contributed by atoms with E-state index in [4.69, 9.17) is 0 Å². The Hall–Kier alpha value is -1.84. The molecule has 1 N–H and O–H groups in total. The minimum atomic E-state index is -3.38. The molecular weight excluding hydrogens is 384 g/mol. The molecule has 146 valence electrons. The van der Waals surface area contributed by atoms with Gasteiger partial charge in [-0.25, -0.2) is 13.4 Å². The van der Waals surface area contributed by atoms with Crippen molar-refractivity contribution in [1.82, 2.24) is 19.6 Å². The van der Waals surface area contributed by atoms with Crippen molar-refractivity contribution < 1.29 is 13.2 Å². The van der Waals surface area contributed by atoms with Gasteiger partial charge >= 0.3 is 0 Å². The van der Waals surface area contributed by atoms with Crippen LogP contribution in [-0.2, 0) is 14.8 Å². The number of carbonyl (C=O) groups excluding carboxylic acids is 1. The van der Waals surface area contributed by atoms with Gasteiger partial charge in [0.2, 0.25) is 15.9 Å². The first kappa shape index (κ1) is 19.9. The zero-order valence-electron chi connectivity index (χ0n) is 15.5. The number of sulfonamides is 1. The van der Waals surface area contributed by atoms with E-state index in [1.807, 2.05) is 31.4 Å². The summed E-state index contributed by atoms with van der Waals surface area (Å²) < 4.78 is 26.1. The van der Waals surface area contributed by atoms with Crippen LogP contribution in [0.15, 0.2) is 29.9 Å². The second-order valence-electron chi connectivity index (χ2n) is 6.63. The third kappa shape index (κ3) is 4.53. The summed E-state index contributed by atoms with van der Waals surface area (Å²) in [6, 6.07) is 2.88. The molecule has 1 amide bonds. The molecule has 3 heterocycles. The van der Waals surface area contributed by atoms with Crippen molar-refractivity contribution in [1.29, 1.82) is 0 Å². The van der Waals surface area contributed by atoms with Gasteiger partial charge in [-0.1, -0.05) is 6.92 Å². The molecule has 2 aromatic heterocycles. The molecular formula is C18H24N4O3S2. The molecule has 2 aromatic rings. The normalized spacial score (nSPS) is 19.1. The maximum Gasteiger partial charge on any atom is 0.239 e. The van der Waals surface area contributed by atoms with Crippen molar-refractivity contribution in [3.8, 4) is 11.3 Å². The molecule has 9 heteroatoms. The first-order chi connectivity index (χ1) is 12.9. The molecule has 2 unspecified atom stereocenters. The van der Waals surface area contributed by atoms with Gasteiger partial charge in [0.1, 0.15) is 11.0 Å². The van der Waals surface area contributed by atoms with Crippen LogP contribution in [0.5, 0.6) is 0 Å². The number of hydrogen-bond donors (Lipinski definition) is 1. The van der Waals surface area contributed by atoms with Crippen molar-refractivity contribution >= 4 is 27.3 Å². The van der Waals surface area contributed by atoms with Crippen LogP contribution in [0.2, 0.25) is 0 Å². The molecule has 1 saturated heterocycles. The maximum absolute atomic E-state index is 12.7. The lowest BCUT2D eigenvalue weighted by atomic mass is 10.2. The number of amides is 1. The highest BCUT2D eigenvalue weighted by atomic mass is 32.2. The van der Waals surface area contributed by atoms with Gasteiger partial charge in [0.05, 0.1) is 17.5 Å². The van der Waals surface area contributed by atoms with Crippen LogP contribution in [0.4, 0.5) is 0 Å². The number of pyridine rings is 1. The fourth-order valence-corrected chi connectivity index (χ4v) is 5.80. The molecule has 27 heavy (non-hydrogen) atoms. The van der Waals surface area contributed by atoms with Crippen molar-refractivity contribution in [2.75, 3.05) is 12.3 Å². The van der Waals surface area contributed by atoms with E-state index in [9.17, 15) is 13.2 Å². The fraction of sp³-hybridized carbons (Fsp3) is 0.500. The number of hydrogen-bond acceptors (Lipinski definition) is 6. The average Bonchev–Trinajstić information content (AvgIpc) is 3.32. The Kier molecular flexibility index (Phi) is 6.23. The minimum Gasteiger partial charge on any atom is -0.346 e. The standard InChI is InChI=1S/C18H24N4O3S2/c1-3-10-27(24,25)22-9-5-7-16(22)17(23)20-13(2)18-21-15(12-26-18)14-6-4-8-19-11-14/h4,6,8,11-13,16H,3,5,7,9-10H2,1-2H3,(H,20,23). The molecule has 0 aliphatic carbocycles.